The zero-order chi connectivity index (χ0) is 14.2. The second-order valence-electron chi connectivity index (χ2n) is 4.87. The summed E-state index contributed by atoms with van der Waals surface area (Å²) in [4.78, 5) is 23.4. The average molecular weight is 276 g/mol. The molecule has 0 aromatic rings. The second kappa shape index (κ2) is 8.24. The molecule has 0 aromatic carbocycles. The third-order valence-corrected chi connectivity index (χ3v) is 2.61. The number of carbonyl (C=O) groups excluding carboxylic acids is 2. The van der Waals surface area contributed by atoms with E-state index in [0.717, 1.165) is 5.75 Å². The van der Waals surface area contributed by atoms with Crippen LogP contribution in [0.2, 0.25) is 0 Å². The molecule has 0 heterocycles. The molecule has 1 unspecified atom stereocenters. The number of carbonyl (C=O) groups is 2. The lowest BCUT2D eigenvalue weighted by molar-refractivity contribution is -0.123. The van der Waals surface area contributed by atoms with Crippen molar-refractivity contribution < 1.29 is 14.3 Å². The maximum absolute atomic E-state index is 11.8. The molecule has 2 amide bonds. The fourth-order valence-electron chi connectivity index (χ4n) is 1.25. The van der Waals surface area contributed by atoms with Crippen LogP contribution in [0.15, 0.2) is 0 Å². The first kappa shape index (κ1) is 17.1. The van der Waals surface area contributed by atoms with Crippen LogP contribution in [0, 0.1) is 0 Å². The smallest absolute Gasteiger partial charge is 0.408 e. The van der Waals surface area contributed by atoms with Crippen LogP contribution in [-0.2, 0) is 9.53 Å². The van der Waals surface area contributed by atoms with Gasteiger partial charge in [-0.1, -0.05) is 0 Å². The molecule has 0 rings (SSSR count). The van der Waals surface area contributed by atoms with E-state index in [9.17, 15) is 9.59 Å². The van der Waals surface area contributed by atoms with E-state index in [0.29, 0.717) is 13.0 Å². The number of likely N-dealkylation sites (N-methyl/N-ethyl adjacent to an activating group) is 1. The largest absolute Gasteiger partial charge is 0.444 e. The lowest BCUT2D eigenvalue weighted by Gasteiger charge is -2.23. The molecule has 0 spiro atoms. The zero-order valence-corrected chi connectivity index (χ0v) is 12.6. The number of alkyl carbamates (subject to hydrolysis) is 1. The van der Waals surface area contributed by atoms with Crippen LogP contribution >= 0.6 is 11.8 Å². The number of hydrogen-bond donors (Lipinski definition) is 2. The molecular weight excluding hydrogens is 252 g/mol. The van der Waals surface area contributed by atoms with E-state index in [1.165, 1.54) is 0 Å². The van der Waals surface area contributed by atoms with Gasteiger partial charge in [0.2, 0.25) is 5.91 Å². The van der Waals surface area contributed by atoms with Crippen molar-refractivity contribution in [3.63, 3.8) is 0 Å². The molecule has 0 fully saturated rings. The van der Waals surface area contributed by atoms with Crippen molar-refractivity contribution in [2.75, 3.05) is 18.6 Å². The minimum absolute atomic E-state index is 0.169. The highest BCUT2D eigenvalue weighted by atomic mass is 32.2. The molecule has 0 radical (unpaired) electrons. The van der Waals surface area contributed by atoms with Crippen molar-refractivity contribution in [3.8, 4) is 0 Å². The number of ether oxygens (including phenoxy) is 1. The Morgan fingerprint density at radius 2 is 1.94 bits per heavy atom. The predicted molar refractivity (Wildman–Crippen MR) is 74.8 cm³/mol. The lowest BCUT2D eigenvalue weighted by Crippen LogP contribution is -2.48. The molecule has 1 atom stereocenters. The third kappa shape index (κ3) is 8.22. The highest BCUT2D eigenvalue weighted by molar-refractivity contribution is 7.98. The van der Waals surface area contributed by atoms with Gasteiger partial charge in [-0.25, -0.2) is 4.79 Å². The van der Waals surface area contributed by atoms with Crippen molar-refractivity contribution in [3.05, 3.63) is 0 Å². The molecule has 0 bridgehead atoms. The fraction of sp³-hybridized carbons (Fsp3) is 0.833. The minimum Gasteiger partial charge on any atom is -0.444 e. The quantitative estimate of drug-likeness (QED) is 0.776. The molecule has 6 heteroatoms. The van der Waals surface area contributed by atoms with E-state index < -0.39 is 17.7 Å². The molecule has 2 N–H and O–H groups in total. The van der Waals surface area contributed by atoms with Crippen molar-refractivity contribution >= 4 is 23.8 Å². The van der Waals surface area contributed by atoms with Gasteiger partial charge in [0.25, 0.3) is 0 Å². The number of rotatable bonds is 6. The summed E-state index contributed by atoms with van der Waals surface area (Å²) in [6, 6.07) is -0.535. The SMILES string of the molecule is CCNC(=O)C(CCSC)NC(=O)OC(C)(C)C. The Bertz CT molecular complexity index is 277. The molecule has 106 valence electrons. The van der Waals surface area contributed by atoms with Gasteiger partial charge < -0.3 is 15.4 Å². The standard InChI is InChI=1S/C12H24N2O3S/c1-6-13-10(15)9(7-8-18-5)14-11(16)17-12(2,3)4/h9H,6-8H2,1-5H3,(H,13,15)(H,14,16). The van der Waals surface area contributed by atoms with Gasteiger partial charge in [0, 0.05) is 6.54 Å². The lowest BCUT2D eigenvalue weighted by atomic mass is 10.2. The molecular formula is C12H24N2O3S. The molecule has 0 aliphatic heterocycles. The monoisotopic (exact) mass is 276 g/mol. The van der Waals surface area contributed by atoms with E-state index >= 15 is 0 Å². The maximum atomic E-state index is 11.8. The first-order chi connectivity index (χ1) is 8.30. The second-order valence-corrected chi connectivity index (χ2v) is 5.86. The van der Waals surface area contributed by atoms with E-state index in [1.807, 2.05) is 13.2 Å². The van der Waals surface area contributed by atoms with Crippen LogP contribution in [0.5, 0.6) is 0 Å². The van der Waals surface area contributed by atoms with Crippen LogP contribution in [0.1, 0.15) is 34.1 Å². The summed E-state index contributed by atoms with van der Waals surface area (Å²) >= 11 is 1.63. The summed E-state index contributed by atoms with van der Waals surface area (Å²) in [5, 5.41) is 5.31. The Hall–Kier alpha value is -0.910. The van der Waals surface area contributed by atoms with Gasteiger partial charge in [0.15, 0.2) is 0 Å². The number of nitrogens with one attached hydrogen (secondary N) is 2. The van der Waals surface area contributed by atoms with E-state index in [1.54, 1.807) is 32.5 Å². The van der Waals surface area contributed by atoms with Crippen LogP contribution in [0.3, 0.4) is 0 Å². The molecule has 0 aromatic heterocycles. The number of thioether (sulfide) groups is 1. The van der Waals surface area contributed by atoms with Gasteiger partial charge in [-0.2, -0.15) is 11.8 Å². The van der Waals surface area contributed by atoms with Crippen molar-refractivity contribution in [1.82, 2.24) is 10.6 Å². The first-order valence-corrected chi connectivity index (χ1v) is 7.45. The Morgan fingerprint density at radius 3 is 2.39 bits per heavy atom. The van der Waals surface area contributed by atoms with Gasteiger partial charge in [0.05, 0.1) is 0 Å². The highest BCUT2D eigenvalue weighted by Gasteiger charge is 2.23. The summed E-state index contributed by atoms with van der Waals surface area (Å²) in [6.45, 7) is 7.75. The number of hydrogen-bond acceptors (Lipinski definition) is 4. The molecule has 18 heavy (non-hydrogen) atoms. The molecule has 0 aliphatic rings. The predicted octanol–water partition coefficient (Wildman–Crippen LogP) is 1.77. The molecule has 5 nitrogen and oxygen atoms in total. The minimum atomic E-state index is -0.560. The van der Waals surface area contributed by atoms with Crippen LogP contribution < -0.4 is 10.6 Å². The Labute approximate surface area is 113 Å². The van der Waals surface area contributed by atoms with Crippen LogP contribution in [0.4, 0.5) is 4.79 Å². The molecule has 0 aliphatic carbocycles. The van der Waals surface area contributed by atoms with Gasteiger partial charge in [-0.15, -0.1) is 0 Å². The van der Waals surface area contributed by atoms with Crippen molar-refractivity contribution in [2.24, 2.45) is 0 Å². The molecule has 0 saturated carbocycles. The maximum Gasteiger partial charge on any atom is 0.408 e. The van der Waals surface area contributed by atoms with E-state index in [2.05, 4.69) is 10.6 Å². The Morgan fingerprint density at radius 1 is 1.33 bits per heavy atom. The number of amides is 2. The van der Waals surface area contributed by atoms with Gasteiger partial charge in [-0.3, -0.25) is 4.79 Å². The Balaban J connectivity index is 4.39. The topological polar surface area (TPSA) is 67.4 Å². The average Bonchev–Trinajstić information content (AvgIpc) is 2.21. The third-order valence-electron chi connectivity index (χ3n) is 1.97. The fourth-order valence-corrected chi connectivity index (χ4v) is 1.72. The van der Waals surface area contributed by atoms with E-state index in [-0.39, 0.29) is 5.91 Å². The Kier molecular flexibility index (Phi) is 7.82. The van der Waals surface area contributed by atoms with Crippen LogP contribution in [-0.4, -0.2) is 42.2 Å². The van der Waals surface area contributed by atoms with Crippen molar-refractivity contribution in [1.29, 1.82) is 0 Å². The summed E-state index contributed by atoms with van der Waals surface area (Å²) in [5.74, 6) is 0.634. The highest BCUT2D eigenvalue weighted by Crippen LogP contribution is 2.08. The summed E-state index contributed by atoms with van der Waals surface area (Å²) in [5.41, 5.74) is -0.560. The summed E-state index contributed by atoms with van der Waals surface area (Å²) in [7, 11) is 0. The molecule has 0 saturated heterocycles. The van der Waals surface area contributed by atoms with Gasteiger partial charge in [-0.05, 0) is 46.1 Å². The summed E-state index contributed by atoms with van der Waals surface area (Å²) < 4.78 is 5.14. The van der Waals surface area contributed by atoms with Gasteiger partial charge >= 0.3 is 6.09 Å². The van der Waals surface area contributed by atoms with E-state index in [4.69, 9.17) is 4.74 Å². The van der Waals surface area contributed by atoms with Gasteiger partial charge in [0.1, 0.15) is 11.6 Å². The summed E-state index contributed by atoms with van der Waals surface area (Å²) in [6.07, 6.45) is 1.99. The van der Waals surface area contributed by atoms with Crippen LogP contribution in [0.25, 0.3) is 0 Å². The van der Waals surface area contributed by atoms with Crippen molar-refractivity contribution in [2.45, 2.75) is 45.8 Å². The zero-order valence-electron chi connectivity index (χ0n) is 11.8. The first-order valence-electron chi connectivity index (χ1n) is 6.06. The normalized spacial score (nSPS) is 12.7.